The van der Waals surface area contributed by atoms with Crippen molar-refractivity contribution in [1.82, 2.24) is 9.97 Å². The molecule has 0 fully saturated rings. The van der Waals surface area contributed by atoms with Crippen LogP contribution in [0.2, 0.25) is 0 Å². The number of nitrogens with zero attached hydrogens (tertiary/aromatic N) is 2. The van der Waals surface area contributed by atoms with Crippen molar-refractivity contribution in [3.8, 4) is 6.07 Å². The number of carbonyl (C=O) groups excluding carboxylic acids is 1. The third-order valence-electron chi connectivity index (χ3n) is 2.93. The van der Waals surface area contributed by atoms with E-state index in [9.17, 15) is 9.59 Å². The van der Waals surface area contributed by atoms with Crippen LogP contribution in [0, 0.1) is 11.3 Å². The van der Waals surface area contributed by atoms with Gasteiger partial charge in [-0.05, 0) is 26.7 Å². The smallest absolute Gasteiger partial charge is 0.319 e. The van der Waals surface area contributed by atoms with Crippen LogP contribution in [-0.4, -0.2) is 27.3 Å². The number of hydrogen-bond donors (Lipinski definition) is 1. The molecule has 7 heteroatoms. The molecule has 0 spiro atoms. The number of H-pyrrole nitrogens is 1. The number of aromatic nitrogens is 2. The molecule has 0 aromatic carbocycles. The molecule has 21 heavy (non-hydrogen) atoms. The normalized spacial score (nSPS) is 13.3. The first-order valence-corrected chi connectivity index (χ1v) is 7.71. The van der Waals surface area contributed by atoms with E-state index >= 15 is 0 Å². The molecule has 0 saturated carbocycles. The van der Waals surface area contributed by atoms with Gasteiger partial charge in [-0.15, -0.1) is 0 Å². The van der Waals surface area contributed by atoms with Gasteiger partial charge in [0, 0.05) is 0 Å². The van der Waals surface area contributed by atoms with Crippen LogP contribution >= 0.6 is 11.8 Å². The molecule has 1 N–H and O–H groups in total. The summed E-state index contributed by atoms with van der Waals surface area (Å²) in [5, 5.41) is 8.76. The SMILES string of the molecule is CCc1nc(S[C@@H](C)C(=O)O[C@H](C)CC)[nH]c(=O)c1C#N. The fourth-order valence-electron chi connectivity index (χ4n) is 1.52. The molecule has 1 heterocycles. The molecule has 0 radical (unpaired) electrons. The maximum absolute atomic E-state index is 11.9. The molecule has 1 aromatic rings. The first-order chi connectivity index (χ1) is 9.92. The molecule has 0 aliphatic rings. The highest BCUT2D eigenvalue weighted by atomic mass is 32.2. The van der Waals surface area contributed by atoms with Crippen LogP contribution in [0.3, 0.4) is 0 Å². The number of nitriles is 1. The lowest BCUT2D eigenvalue weighted by Crippen LogP contribution is -2.23. The fourth-order valence-corrected chi connectivity index (χ4v) is 2.32. The highest BCUT2D eigenvalue weighted by Crippen LogP contribution is 2.21. The Kier molecular flexibility index (Phi) is 6.43. The van der Waals surface area contributed by atoms with E-state index in [1.807, 2.05) is 26.8 Å². The lowest BCUT2D eigenvalue weighted by atomic mass is 10.2. The Morgan fingerprint density at radius 2 is 2.14 bits per heavy atom. The Morgan fingerprint density at radius 3 is 2.67 bits per heavy atom. The van der Waals surface area contributed by atoms with Gasteiger partial charge >= 0.3 is 5.97 Å². The van der Waals surface area contributed by atoms with E-state index in [2.05, 4.69) is 9.97 Å². The molecular weight excluding hydrogens is 290 g/mol. The van der Waals surface area contributed by atoms with Gasteiger partial charge in [0.1, 0.15) is 16.9 Å². The zero-order chi connectivity index (χ0) is 16.0. The number of aryl methyl sites for hydroxylation is 1. The molecule has 1 aromatic heterocycles. The van der Waals surface area contributed by atoms with E-state index < -0.39 is 10.8 Å². The predicted octanol–water partition coefficient (Wildman–Crippen LogP) is 2.03. The van der Waals surface area contributed by atoms with E-state index in [1.165, 1.54) is 0 Å². The number of rotatable bonds is 6. The average Bonchev–Trinajstić information content (AvgIpc) is 2.46. The van der Waals surface area contributed by atoms with Gasteiger partial charge in [-0.1, -0.05) is 25.6 Å². The van der Waals surface area contributed by atoms with E-state index in [0.717, 1.165) is 18.2 Å². The summed E-state index contributed by atoms with van der Waals surface area (Å²) < 4.78 is 5.23. The van der Waals surface area contributed by atoms with Gasteiger partial charge in [-0.25, -0.2) is 4.98 Å². The largest absolute Gasteiger partial charge is 0.462 e. The third-order valence-corrected chi connectivity index (χ3v) is 3.89. The Bertz CT molecular complexity index is 606. The molecule has 6 nitrogen and oxygen atoms in total. The maximum Gasteiger partial charge on any atom is 0.319 e. The number of thioether (sulfide) groups is 1. The zero-order valence-corrected chi connectivity index (χ0v) is 13.4. The second-order valence-electron chi connectivity index (χ2n) is 4.57. The zero-order valence-electron chi connectivity index (χ0n) is 12.6. The van der Waals surface area contributed by atoms with E-state index in [0.29, 0.717) is 17.3 Å². The van der Waals surface area contributed by atoms with Crippen LogP contribution in [0.1, 0.15) is 45.4 Å². The molecular formula is C14H19N3O3S. The highest BCUT2D eigenvalue weighted by Gasteiger charge is 2.20. The lowest BCUT2D eigenvalue weighted by Gasteiger charge is -2.15. The Balaban J connectivity index is 2.89. The molecule has 0 aliphatic heterocycles. The van der Waals surface area contributed by atoms with Crippen molar-refractivity contribution in [3.05, 3.63) is 21.6 Å². The van der Waals surface area contributed by atoms with Crippen molar-refractivity contribution in [2.24, 2.45) is 0 Å². The van der Waals surface area contributed by atoms with Gasteiger partial charge in [-0.3, -0.25) is 9.59 Å². The number of carbonyl (C=O) groups is 1. The van der Waals surface area contributed by atoms with Crippen LogP contribution in [0.4, 0.5) is 0 Å². The molecule has 2 atom stereocenters. The van der Waals surface area contributed by atoms with Crippen molar-refractivity contribution in [2.45, 2.75) is 57.0 Å². The van der Waals surface area contributed by atoms with Crippen molar-refractivity contribution in [3.63, 3.8) is 0 Å². The molecule has 0 amide bonds. The standard InChI is InChI=1S/C14H19N3O3S/c1-5-8(3)20-13(19)9(4)21-14-16-11(6-2)10(7-15)12(18)17-14/h8-9H,5-6H2,1-4H3,(H,16,17,18)/t8-,9+/m1/s1. The van der Waals surface area contributed by atoms with Crippen molar-refractivity contribution < 1.29 is 9.53 Å². The van der Waals surface area contributed by atoms with E-state index in [-0.39, 0.29) is 17.6 Å². The second-order valence-corrected chi connectivity index (χ2v) is 5.90. The van der Waals surface area contributed by atoms with E-state index in [1.54, 1.807) is 6.92 Å². The predicted molar refractivity (Wildman–Crippen MR) is 80.1 cm³/mol. The quantitative estimate of drug-likeness (QED) is 0.490. The molecule has 1 rings (SSSR count). The molecule has 0 bridgehead atoms. The minimum atomic E-state index is -0.486. The van der Waals surface area contributed by atoms with Crippen LogP contribution in [0.25, 0.3) is 0 Å². The monoisotopic (exact) mass is 309 g/mol. The third kappa shape index (κ3) is 4.60. The fraction of sp³-hybridized carbons (Fsp3) is 0.571. The van der Waals surface area contributed by atoms with Crippen LogP contribution in [-0.2, 0) is 16.0 Å². The van der Waals surface area contributed by atoms with Crippen molar-refractivity contribution >= 4 is 17.7 Å². The summed E-state index contributed by atoms with van der Waals surface area (Å²) in [6.45, 7) is 7.27. The Morgan fingerprint density at radius 1 is 1.48 bits per heavy atom. The van der Waals surface area contributed by atoms with Gasteiger partial charge in [0.25, 0.3) is 5.56 Å². The number of hydrogen-bond acceptors (Lipinski definition) is 6. The van der Waals surface area contributed by atoms with Crippen LogP contribution in [0.5, 0.6) is 0 Å². The first kappa shape index (κ1) is 17.2. The van der Waals surface area contributed by atoms with Crippen LogP contribution in [0.15, 0.2) is 9.95 Å². The highest BCUT2D eigenvalue weighted by molar-refractivity contribution is 8.00. The van der Waals surface area contributed by atoms with Crippen LogP contribution < -0.4 is 5.56 Å². The first-order valence-electron chi connectivity index (χ1n) is 6.83. The Labute approximate surface area is 127 Å². The number of ether oxygens (including phenoxy) is 1. The molecule has 0 aliphatic carbocycles. The summed E-state index contributed by atoms with van der Waals surface area (Å²) in [5.41, 5.74) is -0.0164. The number of aromatic amines is 1. The second kappa shape index (κ2) is 7.84. The summed E-state index contributed by atoms with van der Waals surface area (Å²) in [7, 11) is 0. The minimum Gasteiger partial charge on any atom is -0.462 e. The minimum absolute atomic E-state index is 0.0247. The Hall–Kier alpha value is -1.81. The number of nitrogens with one attached hydrogen (secondary N) is 1. The van der Waals surface area contributed by atoms with E-state index in [4.69, 9.17) is 10.00 Å². The van der Waals surface area contributed by atoms with Crippen molar-refractivity contribution in [2.75, 3.05) is 0 Å². The van der Waals surface area contributed by atoms with Gasteiger partial charge < -0.3 is 9.72 Å². The lowest BCUT2D eigenvalue weighted by molar-refractivity contribution is -0.147. The van der Waals surface area contributed by atoms with Gasteiger partial charge in [-0.2, -0.15) is 5.26 Å². The van der Waals surface area contributed by atoms with Gasteiger partial charge in [0.15, 0.2) is 5.16 Å². The summed E-state index contributed by atoms with van der Waals surface area (Å²) in [4.78, 5) is 30.4. The van der Waals surface area contributed by atoms with Gasteiger partial charge in [0.2, 0.25) is 0 Å². The summed E-state index contributed by atoms with van der Waals surface area (Å²) in [5.74, 6) is -0.348. The topological polar surface area (TPSA) is 95.8 Å². The van der Waals surface area contributed by atoms with Gasteiger partial charge in [0.05, 0.1) is 11.8 Å². The summed E-state index contributed by atoms with van der Waals surface area (Å²) in [6, 6.07) is 1.84. The summed E-state index contributed by atoms with van der Waals surface area (Å²) >= 11 is 1.12. The van der Waals surface area contributed by atoms with Crippen molar-refractivity contribution in [1.29, 1.82) is 5.26 Å². The molecule has 114 valence electrons. The number of esters is 1. The molecule has 0 saturated heterocycles. The molecule has 0 unspecified atom stereocenters. The maximum atomic E-state index is 11.9. The summed E-state index contributed by atoms with van der Waals surface area (Å²) in [6.07, 6.45) is 1.08. The average molecular weight is 309 g/mol.